The number of nitrogens with zero attached hydrogens (tertiary/aromatic N) is 2. The van der Waals surface area contributed by atoms with Gasteiger partial charge in [-0.1, -0.05) is 0 Å². The fourth-order valence-corrected chi connectivity index (χ4v) is 3.04. The zero-order chi connectivity index (χ0) is 9.97. The fraction of sp³-hybridized carbons (Fsp3) is 0.600. The van der Waals surface area contributed by atoms with Gasteiger partial charge in [0, 0.05) is 18.7 Å². The maximum Gasteiger partial charge on any atom is 0.170 e. The minimum atomic E-state index is 0.556. The van der Waals surface area contributed by atoms with Crippen LogP contribution in [0.5, 0.6) is 0 Å². The van der Waals surface area contributed by atoms with Crippen LogP contribution in [-0.2, 0) is 7.05 Å². The van der Waals surface area contributed by atoms with E-state index in [9.17, 15) is 4.79 Å². The zero-order valence-corrected chi connectivity index (χ0v) is 9.09. The second-order valence-electron chi connectivity index (χ2n) is 3.62. The van der Waals surface area contributed by atoms with Gasteiger partial charge in [-0.05, 0) is 30.4 Å². The molecule has 0 atom stereocenters. The number of aromatic nitrogens is 2. The van der Waals surface area contributed by atoms with E-state index in [-0.39, 0.29) is 0 Å². The van der Waals surface area contributed by atoms with E-state index in [2.05, 4.69) is 5.10 Å². The van der Waals surface area contributed by atoms with Crippen molar-refractivity contribution in [2.24, 2.45) is 7.05 Å². The molecular weight excluding hydrogens is 196 g/mol. The Hall–Kier alpha value is -0.770. The van der Waals surface area contributed by atoms with E-state index >= 15 is 0 Å². The van der Waals surface area contributed by atoms with Crippen LogP contribution in [-0.4, -0.2) is 27.6 Å². The molecule has 1 aromatic rings. The third kappa shape index (κ3) is 1.85. The predicted octanol–water partition coefficient (Wildman–Crippen LogP) is 1.84. The summed E-state index contributed by atoms with van der Waals surface area (Å²) in [6.45, 7) is 0. The van der Waals surface area contributed by atoms with Gasteiger partial charge in [0.25, 0.3) is 0 Å². The summed E-state index contributed by atoms with van der Waals surface area (Å²) in [7, 11) is 1.92. The second kappa shape index (κ2) is 4.17. The molecule has 0 aliphatic carbocycles. The lowest BCUT2D eigenvalue weighted by atomic mass is 9.98. The molecule has 0 saturated carbocycles. The Balaban J connectivity index is 2.20. The number of rotatable bonds is 2. The van der Waals surface area contributed by atoms with Gasteiger partial charge in [-0.15, -0.1) is 0 Å². The van der Waals surface area contributed by atoms with E-state index in [1.807, 2.05) is 29.6 Å². The highest BCUT2D eigenvalue weighted by molar-refractivity contribution is 7.99. The van der Waals surface area contributed by atoms with Crippen molar-refractivity contribution >= 4 is 18.0 Å². The van der Waals surface area contributed by atoms with Crippen molar-refractivity contribution in [1.82, 2.24) is 9.78 Å². The molecule has 1 aromatic heterocycles. The summed E-state index contributed by atoms with van der Waals surface area (Å²) in [5, 5.41) is 4.15. The fourth-order valence-electron chi connectivity index (χ4n) is 1.94. The van der Waals surface area contributed by atoms with E-state index in [0.717, 1.165) is 6.29 Å². The molecule has 0 amide bonds. The first kappa shape index (κ1) is 9.77. The van der Waals surface area contributed by atoms with Crippen LogP contribution in [0, 0.1) is 0 Å². The van der Waals surface area contributed by atoms with E-state index in [4.69, 9.17) is 0 Å². The number of hydrogen-bond acceptors (Lipinski definition) is 3. The van der Waals surface area contributed by atoms with Crippen molar-refractivity contribution < 1.29 is 4.79 Å². The maximum atomic E-state index is 10.6. The summed E-state index contributed by atoms with van der Waals surface area (Å²) >= 11 is 2.01. The largest absolute Gasteiger partial charge is 0.296 e. The Kier molecular flexibility index (Phi) is 2.91. The molecule has 0 spiro atoms. The second-order valence-corrected chi connectivity index (χ2v) is 4.85. The van der Waals surface area contributed by atoms with Crippen LogP contribution in [0.1, 0.15) is 34.9 Å². The highest BCUT2D eigenvalue weighted by atomic mass is 32.2. The van der Waals surface area contributed by atoms with E-state index < -0.39 is 0 Å². The molecule has 3 nitrogen and oxygen atoms in total. The smallest absolute Gasteiger partial charge is 0.170 e. The van der Waals surface area contributed by atoms with Gasteiger partial charge in [-0.3, -0.25) is 9.48 Å². The summed E-state index contributed by atoms with van der Waals surface area (Å²) in [6.07, 6.45) is 3.24. The number of carbonyl (C=O) groups is 1. The molecule has 1 fully saturated rings. The Labute approximate surface area is 87.9 Å². The van der Waals surface area contributed by atoms with Crippen molar-refractivity contribution in [2.45, 2.75) is 18.8 Å². The summed E-state index contributed by atoms with van der Waals surface area (Å²) in [4.78, 5) is 10.6. The van der Waals surface area contributed by atoms with E-state index in [1.165, 1.54) is 30.0 Å². The van der Waals surface area contributed by atoms with Crippen LogP contribution in [0.15, 0.2) is 6.07 Å². The van der Waals surface area contributed by atoms with Crippen molar-refractivity contribution in [1.29, 1.82) is 0 Å². The lowest BCUT2D eigenvalue weighted by Crippen LogP contribution is -2.11. The standard InChI is InChI=1S/C10H14N2OS/c1-12-10(6-9(7-13)11-12)8-2-4-14-5-3-8/h6-8H,2-5H2,1H3. The first-order chi connectivity index (χ1) is 6.81. The van der Waals surface area contributed by atoms with E-state index in [1.54, 1.807) is 0 Å². The van der Waals surface area contributed by atoms with Crippen LogP contribution in [0.25, 0.3) is 0 Å². The number of aldehydes is 1. The quantitative estimate of drug-likeness (QED) is 0.699. The molecule has 2 rings (SSSR count). The minimum Gasteiger partial charge on any atom is -0.296 e. The lowest BCUT2D eigenvalue weighted by Gasteiger charge is -2.21. The third-order valence-electron chi connectivity index (χ3n) is 2.70. The Morgan fingerprint density at radius 2 is 2.29 bits per heavy atom. The first-order valence-electron chi connectivity index (χ1n) is 4.88. The molecule has 2 heterocycles. The molecule has 0 radical (unpaired) electrons. The molecule has 0 aromatic carbocycles. The number of hydrogen-bond donors (Lipinski definition) is 0. The molecule has 76 valence electrons. The SMILES string of the molecule is Cn1nc(C=O)cc1C1CCSCC1. The molecule has 1 aliphatic heterocycles. The van der Waals surface area contributed by atoms with Gasteiger partial charge >= 0.3 is 0 Å². The highest BCUT2D eigenvalue weighted by Crippen LogP contribution is 2.31. The topological polar surface area (TPSA) is 34.9 Å². The van der Waals surface area contributed by atoms with E-state index in [0.29, 0.717) is 11.6 Å². The molecule has 1 saturated heterocycles. The van der Waals surface area contributed by atoms with Crippen molar-refractivity contribution in [2.75, 3.05) is 11.5 Å². The summed E-state index contributed by atoms with van der Waals surface area (Å²) in [6, 6.07) is 1.92. The average Bonchev–Trinajstić information content (AvgIpc) is 2.61. The van der Waals surface area contributed by atoms with Crippen molar-refractivity contribution in [3.8, 4) is 0 Å². The van der Waals surface area contributed by atoms with Crippen LogP contribution < -0.4 is 0 Å². The van der Waals surface area contributed by atoms with Gasteiger partial charge in [0.2, 0.25) is 0 Å². The third-order valence-corrected chi connectivity index (χ3v) is 3.74. The summed E-state index contributed by atoms with van der Waals surface area (Å²) in [5.41, 5.74) is 1.77. The van der Waals surface area contributed by atoms with Crippen LogP contribution in [0.3, 0.4) is 0 Å². The minimum absolute atomic E-state index is 0.556. The Morgan fingerprint density at radius 1 is 1.57 bits per heavy atom. The van der Waals surface area contributed by atoms with Crippen LogP contribution in [0.2, 0.25) is 0 Å². The van der Waals surface area contributed by atoms with Gasteiger partial charge in [0.05, 0.1) is 0 Å². The zero-order valence-electron chi connectivity index (χ0n) is 8.27. The van der Waals surface area contributed by atoms with Crippen molar-refractivity contribution in [3.63, 3.8) is 0 Å². The molecule has 4 heteroatoms. The summed E-state index contributed by atoms with van der Waals surface area (Å²) in [5.74, 6) is 3.06. The predicted molar refractivity (Wildman–Crippen MR) is 57.9 cm³/mol. The van der Waals surface area contributed by atoms with Gasteiger partial charge in [-0.25, -0.2) is 0 Å². The van der Waals surface area contributed by atoms with Gasteiger partial charge in [-0.2, -0.15) is 16.9 Å². The Bertz CT molecular complexity index is 329. The van der Waals surface area contributed by atoms with Gasteiger partial charge in [0.1, 0.15) is 5.69 Å². The highest BCUT2D eigenvalue weighted by Gasteiger charge is 2.19. The lowest BCUT2D eigenvalue weighted by molar-refractivity contribution is 0.111. The molecule has 14 heavy (non-hydrogen) atoms. The normalized spacial score (nSPS) is 18.4. The number of aryl methyl sites for hydroxylation is 1. The van der Waals surface area contributed by atoms with Gasteiger partial charge in [0.15, 0.2) is 6.29 Å². The van der Waals surface area contributed by atoms with Crippen LogP contribution in [0.4, 0.5) is 0 Å². The number of thioether (sulfide) groups is 1. The Morgan fingerprint density at radius 3 is 2.86 bits per heavy atom. The maximum absolute atomic E-state index is 10.6. The van der Waals surface area contributed by atoms with Crippen LogP contribution >= 0.6 is 11.8 Å². The average molecular weight is 210 g/mol. The molecule has 0 N–H and O–H groups in total. The number of carbonyl (C=O) groups excluding carboxylic acids is 1. The molecular formula is C10H14N2OS. The monoisotopic (exact) mass is 210 g/mol. The van der Waals surface area contributed by atoms with Gasteiger partial charge < -0.3 is 0 Å². The summed E-state index contributed by atoms with van der Waals surface area (Å²) < 4.78 is 1.85. The molecule has 0 unspecified atom stereocenters. The molecule has 1 aliphatic rings. The molecule has 0 bridgehead atoms. The van der Waals surface area contributed by atoms with Crippen molar-refractivity contribution in [3.05, 3.63) is 17.5 Å². The first-order valence-corrected chi connectivity index (χ1v) is 6.03.